The van der Waals surface area contributed by atoms with E-state index in [1.165, 1.54) is 5.56 Å². The molecule has 5 rings (SSSR count). The van der Waals surface area contributed by atoms with Gasteiger partial charge in [0.25, 0.3) is 0 Å². The molecule has 134 valence electrons. The van der Waals surface area contributed by atoms with Crippen molar-refractivity contribution < 1.29 is 24.1 Å². The number of carbonyl (C=O) groups is 1. The van der Waals surface area contributed by atoms with Gasteiger partial charge in [0.05, 0.1) is 12.1 Å². The molecule has 0 bridgehead atoms. The molecule has 0 aromatic heterocycles. The number of benzene rings is 2. The van der Waals surface area contributed by atoms with Crippen LogP contribution < -0.4 is 9.47 Å². The van der Waals surface area contributed by atoms with Crippen molar-refractivity contribution in [1.82, 2.24) is 4.90 Å². The molecule has 2 aromatic rings. The summed E-state index contributed by atoms with van der Waals surface area (Å²) in [5.41, 5.74) is 2.92. The van der Waals surface area contributed by atoms with Gasteiger partial charge in [0.2, 0.25) is 6.79 Å². The molecule has 26 heavy (non-hydrogen) atoms. The topological polar surface area (TPSA) is 68.2 Å². The van der Waals surface area contributed by atoms with Gasteiger partial charge < -0.3 is 19.3 Å². The molecule has 3 atom stereocenters. The van der Waals surface area contributed by atoms with E-state index in [4.69, 9.17) is 14.2 Å². The van der Waals surface area contributed by atoms with Crippen molar-refractivity contribution in [2.75, 3.05) is 13.4 Å². The number of carbonyl (C=O) groups excluding carboxylic acids is 1. The van der Waals surface area contributed by atoms with Crippen LogP contribution in [0.1, 0.15) is 35.3 Å². The van der Waals surface area contributed by atoms with Gasteiger partial charge in [-0.05, 0) is 41.7 Å². The smallest absolute Gasteiger partial charge is 0.410 e. The van der Waals surface area contributed by atoms with Crippen LogP contribution in [0.3, 0.4) is 0 Å². The standard InChI is InChI=1S/C20H19NO5/c22-19-14-9-18-17(25-11-26-18)8-13(14)15(21-16(19)10-24-20(21)23)7-6-12-4-2-1-3-5-12/h1-5,8-9,15-16,19,22H,6-7,10-11H2/t15-,16-,19-/m1/s1. The van der Waals surface area contributed by atoms with E-state index in [-0.39, 0.29) is 31.6 Å². The van der Waals surface area contributed by atoms with E-state index in [2.05, 4.69) is 12.1 Å². The molecule has 6 heteroatoms. The Morgan fingerprint density at radius 3 is 2.54 bits per heavy atom. The molecular formula is C20H19NO5. The molecule has 1 saturated heterocycles. The fourth-order valence-corrected chi connectivity index (χ4v) is 4.17. The van der Waals surface area contributed by atoms with Crippen molar-refractivity contribution in [3.05, 3.63) is 59.2 Å². The normalized spacial score (nSPS) is 25.7. The summed E-state index contributed by atoms with van der Waals surface area (Å²) in [6.07, 6.45) is 0.412. The van der Waals surface area contributed by atoms with Crippen LogP contribution in [0, 0.1) is 0 Å². The van der Waals surface area contributed by atoms with Gasteiger partial charge in [-0.1, -0.05) is 30.3 Å². The molecule has 0 radical (unpaired) electrons. The quantitative estimate of drug-likeness (QED) is 0.919. The summed E-state index contributed by atoms with van der Waals surface area (Å²) in [5.74, 6) is 1.30. The number of ether oxygens (including phenoxy) is 3. The fraction of sp³-hybridized carbons (Fsp3) is 0.350. The second-order valence-electron chi connectivity index (χ2n) is 6.87. The number of fused-ring (bicyclic) bond motifs is 3. The van der Waals surface area contributed by atoms with Gasteiger partial charge in [0.15, 0.2) is 11.5 Å². The number of aliphatic hydroxyl groups is 1. The van der Waals surface area contributed by atoms with E-state index < -0.39 is 6.10 Å². The fourth-order valence-electron chi connectivity index (χ4n) is 4.17. The van der Waals surface area contributed by atoms with E-state index >= 15 is 0 Å². The molecule has 0 unspecified atom stereocenters. The molecule has 6 nitrogen and oxygen atoms in total. The predicted molar refractivity (Wildman–Crippen MR) is 92.0 cm³/mol. The molecule has 2 aromatic carbocycles. The predicted octanol–water partition coefficient (Wildman–Crippen LogP) is 2.96. The lowest BCUT2D eigenvalue weighted by Gasteiger charge is -2.40. The number of cyclic esters (lactones) is 1. The number of hydrogen-bond donors (Lipinski definition) is 1. The number of hydrogen-bond acceptors (Lipinski definition) is 5. The van der Waals surface area contributed by atoms with Gasteiger partial charge in [0.1, 0.15) is 12.7 Å². The summed E-state index contributed by atoms with van der Waals surface area (Å²) in [6, 6.07) is 13.4. The molecule has 3 aliphatic heterocycles. The van der Waals surface area contributed by atoms with Crippen LogP contribution in [-0.4, -0.2) is 35.5 Å². The maximum atomic E-state index is 12.4. The van der Waals surface area contributed by atoms with E-state index in [9.17, 15) is 9.90 Å². The van der Waals surface area contributed by atoms with Gasteiger partial charge in [-0.2, -0.15) is 0 Å². The van der Waals surface area contributed by atoms with Crippen molar-refractivity contribution in [3.63, 3.8) is 0 Å². The van der Waals surface area contributed by atoms with Crippen LogP contribution in [0.5, 0.6) is 11.5 Å². The number of aliphatic hydroxyl groups excluding tert-OH is 1. The maximum Gasteiger partial charge on any atom is 0.410 e. The largest absolute Gasteiger partial charge is 0.454 e. The Bertz CT molecular complexity index is 853. The highest BCUT2D eigenvalue weighted by Gasteiger charge is 2.48. The first-order chi connectivity index (χ1) is 12.7. The second kappa shape index (κ2) is 5.92. The van der Waals surface area contributed by atoms with Crippen molar-refractivity contribution >= 4 is 6.09 Å². The average molecular weight is 353 g/mol. The average Bonchev–Trinajstić information content (AvgIpc) is 3.28. The van der Waals surface area contributed by atoms with Gasteiger partial charge in [-0.25, -0.2) is 4.79 Å². The zero-order valence-electron chi connectivity index (χ0n) is 14.1. The first kappa shape index (κ1) is 15.5. The number of aryl methyl sites for hydroxylation is 1. The summed E-state index contributed by atoms with van der Waals surface area (Å²) >= 11 is 0. The van der Waals surface area contributed by atoms with Crippen LogP contribution in [0.15, 0.2) is 42.5 Å². The SMILES string of the molecule is O=C1OC[C@@H]2[C@H](O)c3cc4c(cc3[C@@H](CCc3ccccc3)N12)OCO4. The third kappa shape index (κ3) is 2.33. The van der Waals surface area contributed by atoms with Crippen LogP contribution in [-0.2, 0) is 11.2 Å². The Morgan fingerprint density at radius 2 is 1.77 bits per heavy atom. The molecular weight excluding hydrogens is 334 g/mol. The van der Waals surface area contributed by atoms with Crippen molar-refractivity contribution in [2.24, 2.45) is 0 Å². The number of amides is 1. The molecule has 0 aliphatic carbocycles. The molecule has 1 fully saturated rings. The highest BCUT2D eigenvalue weighted by molar-refractivity contribution is 5.72. The lowest BCUT2D eigenvalue weighted by Crippen LogP contribution is -2.45. The Balaban J connectivity index is 1.54. The van der Waals surface area contributed by atoms with Crippen LogP contribution >= 0.6 is 0 Å². The van der Waals surface area contributed by atoms with Crippen LogP contribution in [0.4, 0.5) is 4.79 Å². The molecule has 3 aliphatic rings. The van der Waals surface area contributed by atoms with Crippen molar-refractivity contribution in [3.8, 4) is 11.5 Å². The molecule has 1 amide bonds. The zero-order valence-corrected chi connectivity index (χ0v) is 14.1. The van der Waals surface area contributed by atoms with Gasteiger partial charge in [-0.15, -0.1) is 0 Å². The minimum Gasteiger partial charge on any atom is -0.454 e. The Morgan fingerprint density at radius 1 is 1.04 bits per heavy atom. The lowest BCUT2D eigenvalue weighted by molar-refractivity contribution is 0.0482. The summed E-state index contributed by atoms with van der Waals surface area (Å²) < 4.78 is 16.2. The van der Waals surface area contributed by atoms with Gasteiger partial charge in [-0.3, -0.25) is 4.90 Å². The third-order valence-corrected chi connectivity index (χ3v) is 5.45. The number of nitrogens with zero attached hydrogens (tertiary/aromatic N) is 1. The minimum atomic E-state index is -0.793. The third-order valence-electron chi connectivity index (χ3n) is 5.45. The molecule has 0 saturated carbocycles. The van der Waals surface area contributed by atoms with E-state index in [0.717, 1.165) is 24.0 Å². The highest BCUT2D eigenvalue weighted by Crippen LogP contribution is 2.48. The van der Waals surface area contributed by atoms with E-state index in [1.54, 1.807) is 4.90 Å². The monoisotopic (exact) mass is 353 g/mol. The molecule has 0 spiro atoms. The molecule has 1 N–H and O–H groups in total. The van der Waals surface area contributed by atoms with Crippen molar-refractivity contribution in [1.29, 1.82) is 0 Å². The van der Waals surface area contributed by atoms with Crippen LogP contribution in [0.2, 0.25) is 0 Å². The van der Waals surface area contributed by atoms with Gasteiger partial charge in [0, 0.05) is 0 Å². The first-order valence-electron chi connectivity index (χ1n) is 8.83. The second-order valence-corrected chi connectivity index (χ2v) is 6.87. The van der Waals surface area contributed by atoms with Crippen molar-refractivity contribution in [2.45, 2.75) is 31.0 Å². The lowest BCUT2D eigenvalue weighted by atomic mass is 9.84. The first-order valence-corrected chi connectivity index (χ1v) is 8.83. The Labute approximate surface area is 150 Å². The summed E-state index contributed by atoms with van der Waals surface area (Å²) in [7, 11) is 0. The zero-order chi connectivity index (χ0) is 17.7. The Kier molecular flexibility index (Phi) is 3.53. The summed E-state index contributed by atoms with van der Waals surface area (Å²) in [5, 5.41) is 10.8. The molecule has 3 heterocycles. The van der Waals surface area contributed by atoms with Crippen LogP contribution in [0.25, 0.3) is 0 Å². The van der Waals surface area contributed by atoms with E-state index in [0.29, 0.717) is 11.5 Å². The van der Waals surface area contributed by atoms with E-state index in [1.807, 2.05) is 30.3 Å². The Hall–Kier alpha value is -2.73. The number of rotatable bonds is 3. The highest BCUT2D eigenvalue weighted by atomic mass is 16.7. The summed E-state index contributed by atoms with van der Waals surface area (Å²) in [4.78, 5) is 14.0. The minimum absolute atomic E-state index is 0.164. The maximum absolute atomic E-state index is 12.4. The summed E-state index contributed by atoms with van der Waals surface area (Å²) in [6.45, 7) is 0.383. The van der Waals surface area contributed by atoms with Gasteiger partial charge >= 0.3 is 6.09 Å².